The summed E-state index contributed by atoms with van der Waals surface area (Å²) in [6.07, 6.45) is 1.19. The van der Waals surface area contributed by atoms with Crippen LogP contribution >= 0.6 is 0 Å². The third kappa shape index (κ3) is 2.26. The van der Waals surface area contributed by atoms with Gasteiger partial charge in [0.25, 0.3) is 0 Å². The van der Waals surface area contributed by atoms with E-state index in [9.17, 15) is 9.59 Å². The van der Waals surface area contributed by atoms with Crippen LogP contribution in [0.2, 0.25) is 0 Å². The summed E-state index contributed by atoms with van der Waals surface area (Å²) < 4.78 is 1.92. The molecular weight excluding hydrogens is 270 g/mol. The monoisotopic (exact) mass is 287 g/mol. The quantitative estimate of drug-likeness (QED) is 0.902. The molecule has 0 aliphatic heterocycles. The van der Waals surface area contributed by atoms with Crippen molar-refractivity contribution in [2.75, 3.05) is 5.32 Å². The lowest BCUT2D eigenvalue weighted by Crippen LogP contribution is -2.41. The third-order valence-corrected chi connectivity index (χ3v) is 4.13. The normalized spacial score (nSPS) is 21.0. The lowest BCUT2D eigenvalue weighted by Gasteiger charge is -2.31. The Balaban J connectivity index is 1.85. The number of anilines is 1. The van der Waals surface area contributed by atoms with Crippen LogP contribution in [0.1, 0.15) is 19.8 Å². The van der Waals surface area contributed by atoms with Crippen LogP contribution in [-0.2, 0) is 16.1 Å². The van der Waals surface area contributed by atoms with Gasteiger partial charge in [-0.15, -0.1) is 0 Å². The molecule has 1 saturated carbocycles. The van der Waals surface area contributed by atoms with E-state index in [-0.39, 0.29) is 5.91 Å². The Kier molecular flexibility index (Phi) is 3.37. The average Bonchev–Trinajstić information content (AvgIpc) is 2.73. The number of fused-ring (bicyclic) bond motifs is 1. The minimum absolute atomic E-state index is 0.251. The second kappa shape index (κ2) is 5.20. The van der Waals surface area contributed by atoms with Crippen molar-refractivity contribution in [3.05, 3.63) is 24.3 Å². The number of rotatable bonds is 4. The third-order valence-electron chi connectivity index (χ3n) is 4.13. The second-order valence-electron chi connectivity index (χ2n) is 5.29. The number of para-hydroxylation sites is 2. The Morgan fingerprint density at radius 2 is 2.05 bits per heavy atom. The van der Waals surface area contributed by atoms with Crippen molar-refractivity contribution in [2.24, 2.45) is 11.8 Å². The highest BCUT2D eigenvalue weighted by Gasteiger charge is 2.41. The van der Waals surface area contributed by atoms with Crippen LogP contribution in [0.5, 0.6) is 0 Å². The Bertz CT molecular complexity index is 707. The fourth-order valence-corrected chi connectivity index (χ4v) is 2.80. The van der Waals surface area contributed by atoms with Gasteiger partial charge in [0.05, 0.1) is 22.9 Å². The zero-order chi connectivity index (χ0) is 15.0. The summed E-state index contributed by atoms with van der Waals surface area (Å²) in [7, 11) is 0. The van der Waals surface area contributed by atoms with E-state index in [0.29, 0.717) is 25.3 Å². The molecule has 0 radical (unpaired) electrons. The summed E-state index contributed by atoms with van der Waals surface area (Å²) >= 11 is 0. The molecule has 2 unspecified atom stereocenters. The number of hydrogen-bond acceptors (Lipinski definition) is 3. The molecule has 1 aliphatic rings. The number of carboxylic acids is 1. The van der Waals surface area contributed by atoms with E-state index in [1.165, 1.54) is 0 Å². The van der Waals surface area contributed by atoms with Crippen molar-refractivity contribution in [3.8, 4) is 0 Å². The molecule has 0 saturated heterocycles. The van der Waals surface area contributed by atoms with Crippen molar-refractivity contribution >= 4 is 28.9 Å². The fourth-order valence-electron chi connectivity index (χ4n) is 2.80. The number of aliphatic carboxylic acids is 1. The predicted octanol–water partition coefficient (Wildman–Crippen LogP) is 2.11. The summed E-state index contributed by atoms with van der Waals surface area (Å²) in [5, 5.41) is 11.8. The van der Waals surface area contributed by atoms with E-state index in [1.54, 1.807) is 0 Å². The molecule has 1 amide bonds. The number of amides is 1. The van der Waals surface area contributed by atoms with Gasteiger partial charge in [-0.05, 0) is 31.9 Å². The number of carbonyl (C=O) groups excluding carboxylic acids is 1. The van der Waals surface area contributed by atoms with Gasteiger partial charge in [0.1, 0.15) is 0 Å². The molecule has 2 N–H and O–H groups in total. The number of carbonyl (C=O) groups is 2. The van der Waals surface area contributed by atoms with Crippen LogP contribution in [0.15, 0.2) is 24.3 Å². The molecule has 6 heteroatoms. The van der Waals surface area contributed by atoms with Gasteiger partial charge in [-0.2, -0.15) is 0 Å². The number of carboxylic acid groups (broad SMARTS) is 1. The Labute approximate surface area is 121 Å². The van der Waals surface area contributed by atoms with Crippen LogP contribution in [-0.4, -0.2) is 26.5 Å². The van der Waals surface area contributed by atoms with E-state index in [2.05, 4.69) is 10.3 Å². The van der Waals surface area contributed by atoms with Crippen LogP contribution in [0.25, 0.3) is 11.0 Å². The number of benzene rings is 1. The van der Waals surface area contributed by atoms with E-state index >= 15 is 0 Å². The highest BCUT2D eigenvalue weighted by Crippen LogP contribution is 2.35. The van der Waals surface area contributed by atoms with Crippen LogP contribution in [0, 0.1) is 11.8 Å². The average molecular weight is 287 g/mol. The first kappa shape index (κ1) is 13.6. The van der Waals surface area contributed by atoms with Crippen molar-refractivity contribution in [1.82, 2.24) is 9.55 Å². The lowest BCUT2D eigenvalue weighted by atomic mass is 9.73. The maximum absolute atomic E-state index is 12.2. The maximum atomic E-state index is 12.2. The molecule has 1 heterocycles. The highest BCUT2D eigenvalue weighted by atomic mass is 16.4. The van der Waals surface area contributed by atoms with Gasteiger partial charge >= 0.3 is 5.97 Å². The molecule has 3 rings (SSSR count). The lowest BCUT2D eigenvalue weighted by molar-refractivity contribution is -0.151. The minimum atomic E-state index is -0.898. The van der Waals surface area contributed by atoms with Gasteiger partial charge in [-0.25, -0.2) is 4.98 Å². The predicted molar refractivity (Wildman–Crippen MR) is 77.9 cm³/mol. The first-order valence-electron chi connectivity index (χ1n) is 7.10. The zero-order valence-electron chi connectivity index (χ0n) is 11.7. The van der Waals surface area contributed by atoms with E-state index in [4.69, 9.17) is 5.11 Å². The first-order valence-corrected chi connectivity index (χ1v) is 7.10. The number of imidazole rings is 1. The van der Waals surface area contributed by atoms with E-state index in [0.717, 1.165) is 11.0 Å². The van der Waals surface area contributed by atoms with Crippen molar-refractivity contribution in [3.63, 3.8) is 0 Å². The van der Waals surface area contributed by atoms with Gasteiger partial charge in [0, 0.05) is 6.54 Å². The van der Waals surface area contributed by atoms with Gasteiger partial charge < -0.3 is 9.67 Å². The molecule has 2 aromatic rings. The maximum Gasteiger partial charge on any atom is 0.307 e. The molecule has 1 aromatic heterocycles. The van der Waals surface area contributed by atoms with Gasteiger partial charge in [0.2, 0.25) is 11.9 Å². The molecular formula is C15H17N3O3. The van der Waals surface area contributed by atoms with Crippen LogP contribution < -0.4 is 5.32 Å². The summed E-state index contributed by atoms with van der Waals surface area (Å²) in [6.45, 7) is 2.66. The van der Waals surface area contributed by atoms with Crippen LogP contribution in [0.3, 0.4) is 0 Å². The minimum Gasteiger partial charge on any atom is -0.481 e. The second-order valence-corrected chi connectivity index (χ2v) is 5.29. The molecule has 1 aromatic carbocycles. The zero-order valence-corrected chi connectivity index (χ0v) is 11.7. The summed E-state index contributed by atoms with van der Waals surface area (Å²) in [4.78, 5) is 27.7. The number of nitrogens with one attached hydrogen (secondary N) is 1. The molecule has 2 atom stereocenters. The smallest absolute Gasteiger partial charge is 0.307 e. The van der Waals surface area contributed by atoms with Gasteiger partial charge in [0.15, 0.2) is 0 Å². The highest BCUT2D eigenvalue weighted by molar-refractivity contribution is 5.96. The largest absolute Gasteiger partial charge is 0.481 e. The number of nitrogens with zero attached hydrogens (tertiary/aromatic N) is 2. The Hall–Kier alpha value is -2.37. The first-order chi connectivity index (χ1) is 10.1. The van der Waals surface area contributed by atoms with Crippen molar-refractivity contribution < 1.29 is 14.7 Å². The number of aryl methyl sites for hydroxylation is 1. The fraction of sp³-hybridized carbons (Fsp3) is 0.400. The summed E-state index contributed by atoms with van der Waals surface area (Å²) in [5.41, 5.74) is 1.77. The molecule has 1 fully saturated rings. The summed E-state index contributed by atoms with van der Waals surface area (Å²) in [6, 6.07) is 7.66. The SMILES string of the molecule is CCn1c(NC(=O)C2CCC2C(=O)O)nc2ccccc21. The standard InChI is InChI=1S/C15H17N3O3/c1-2-18-12-6-4-3-5-11(12)16-15(18)17-13(19)9-7-8-10(9)14(20)21/h3-6,9-10H,2,7-8H2,1H3,(H,20,21)(H,16,17,19). The van der Waals surface area contributed by atoms with E-state index < -0.39 is 17.8 Å². The van der Waals surface area contributed by atoms with Gasteiger partial charge in [-0.1, -0.05) is 12.1 Å². The van der Waals surface area contributed by atoms with Crippen molar-refractivity contribution in [2.45, 2.75) is 26.3 Å². The number of hydrogen-bond donors (Lipinski definition) is 2. The topological polar surface area (TPSA) is 84.2 Å². The van der Waals surface area contributed by atoms with Gasteiger partial charge in [-0.3, -0.25) is 14.9 Å². The molecule has 0 spiro atoms. The molecule has 0 bridgehead atoms. The molecule has 110 valence electrons. The molecule has 6 nitrogen and oxygen atoms in total. The Morgan fingerprint density at radius 1 is 1.33 bits per heavy atom. The molecule has 1 aliphatic carbocycles. The summed E-state index contributed by atoms with van der Waals surface area (Å²) in [5.74, 6) is -1.68. The van der Waals surface area contributed by atoms with E-state index in [1.807, 2.05) is 35.8 Å². The van der Waals surface area contributed by atoms with Crippen LogP contribution in [0.4, 0.5) is 5.95 Å². The molecule has 21 heavy (non-hydrogen) atoms. The number of aromatic nitrogens is 2. The van der Waals surface area contributed by atoms with Crippen molar-refractivity contribution in [1.29, 1.82) is 0 Å². The Morgan fingerprint density at radius 3 is 2.67 bits per heavy atom.